The first-order valence-electron chi connectivity index (χ1n) is 7.52. The van der Waals surface area contributed by atoms with E-state index >= 15 is 0 Å². The van der Waals surface area contributed by atoms with Crippen molar-refractivity contribution in [3.8, 4) is 0 Å². The van der Waals surface area contributed by atoms with Crippen LogP contribution in [0.3, 0.4) is 0 Å². The van der Waals surface area contributed by atoms with Gasteiger partial charge in [0.1, 0.15) is 0 Å². The highest BCUT2D eigenvalue weighted by Crippen LogP contribution is 2.30. The van der Waals surface area contributed by atoms with Crippen molar-refractivity contribution >= 4 is 22.6 Å². The summed E-state index contributed by atoms with van der Waals surface area (Å²) in [6.07, 6.45) is 2.00. The van der Waals surface area contributed by atoms with Crippen molar-refractivity contribution < 1.29 is 4.79 Å². The minimum atomic E-state index is -0.0737. The molecule has 4 N–H and O–H groups in total. The molecule has 1 fully saturated rings. The maximum Gasteiger partial charge on any atom is 0.315 e. The topological polar surface area (TPSA) is 69.0 Å². The fourth-order valence-corrected chi connectivity index (χ4v) is 3.14. The van der Waals surface area contributed by atoms with E-state index in [1.807, 2.05) is 13.1 Å². The van der Waals surface area contributed by atoms with E-state index < -0.39 is 0 Å². The summed E-state index contributed by atoms with van der Waals surface area (Å²) < 4.78 is 0. The number of carbonyl (C=O) groups is 1. The molecule has 0 saturated carbocycles. The van der Waals surface area contributed by atoms with E-state index in [-0.39, 0.29) is 24.0 Å². The van der Waals surface area contributed by atoms with Gasteiger partial charge in [-0.2, -0.15) is 0 Å². The predicted molar refractivity (Wildman–Crippen MR) is 85.8 cm³/mol. The molecule has 3 unspecified atom stereocenters. The van der Waals surface area contributed by atoms with Gasteiger partial charge in [-0.05, 0) is 31.5 Å². The normalized spacial score (nSPS) is 22.9. The number of hydrogen-bond donors (Lipinski definition) is 4. The zero-order valence-corrected chi connectivity index (χ0v) is 12.7. The highest BCUT2D eigenvalue weighted by molar-refractivity contribution is 5.93. The number of benzene rings is 1. The van der Waals surface area contributed by atoms with Gasteiger partial charge >= 0.3 is 6.03 Å². The molecule has 1 aliphatic heterocycles. The molecule has 0 spiro atoms. The average Bonchev–Trinajstić information content (AvgIpc) is 3.01. The second-order valence-electron chi connectivity index (χ2n) is 5.76. The van der Waals surface area contributed by atoms with E-state index in [0.717, 1.165) is 17.7 Å². The summed E-state index contributed by atoms with van der Waals surface area (Å²) in [6.45, 7) is 7.19. The van der Waals surface area contributed by atoms with Gasteiger partial charge in [0.25, 0.3) is 0 Å². The second-order valence-corrected chi connectivity index (χ2v) is 5.76. The van der Waals surface area contributed by atoms with Crippen LogP contribution in [0.1, 0.15) is 32.3 Å². The van der Waals surface area contributed by atoms with E-state index in [4.69, 9.17) is 0 Å². The first kappa shape index (κ1) is 13.8. The zero-order chi connectivity index (χ0) is 15.0. The summed E-state index contributed by atoms with van der Waals surface area (Å²) in [5.74, 6) is 0.257. The smallest absolute Gasteiger partial charge is 0.315 e. The van der Waals surface area contributed by atoms with Gasteiger partial charge in [-0.3, -0.25) is 0 Å². The molecule has 0 bridgehead atoms. The maximum absolute atomic E-state index is 11.5. The fourth-order valence-electron chi connectivity index (χ4n) is 3.14. The number of amides is 2. The van der Waals surface area contributed by atoms with Gasteiger partial charge < -0.3 is 20.9 Å². The van der Waals surface area contributed by atoms with Crippen molar-refractivity contribution in [2.24, 2.45) is 0 Å². The van der Waals surface area contributed by atoms with Crippen LogP contribution in [0.15, 0.2) is 24.4 Å². The average molecular weight is 286 g/mol. The Morgan fingerprint density at radius 1 is 1.33 bits per heavy atom. The lowest BCUT2D eigenvalue weighted by Gasteiger charge is -2.22. The Labute approximate surface area is 124 Å². The molecule has 5 heteroatoms. The molecule has 3 rings (SSSR count). The number of aromatic amines is 1. The summed E-state index contributed by atoms with van der Waals surface area (Å²) in [7, 11) is 0. The van der Waals surface area contributed by atoms with E-state index in [1.54, 1.807) is 0 Å². The van der Waals surface area contributed by atoms with Crippen LogP contribution in [0.5, 0.6) is 0 Å². The number of carbonyl (C=O) groups excluding carboxylic acids is 1. The molecule has 1 saturated heterocycles. The maximum atomic E-state index is 11.5. The minimum Gasteiger partial charge on any atom is -0.384 e. The van der Waals surface area contributed by atoms with Gasteiger partial charge in [-0.1, -0.05) is 13.0 Å². The van der Waals surface area contributed by atoms with Crippen molar-refractivity contribution in [1.82, 2.24) is 15.6 Å². The molecule has 21 heavy (non-hydrogen) atoms. The number of anilines is 1. The van der Waals surface area contributed by atoms with Gasteiger partial charge in [-0.15, -0.1) is 0 Å². The van der Waals surface area contributed by atoms with Crippen molar-refractivity contribution in [2.75, 3.05) is 11.9 Å². The van der Waals surface area contributed by atoms with Crippen LogP contribution in [-0.2, 0) is 0 Å². The van der Waals surface area contributed by atoms with E-state index in [2.05, 4.69) is 53.0 Å². The number of fused-ring (bicyclic) bond motifs is 1. The Balaban J connectivity index is 1.92. The van der Waals surface area contributed by atoms with Crippen molar-refractivity contribution in [2.45, 2.75) is 38.8 Å². The summed E-state index contributed by atoms with van der Waals surface area (Å²) in [5.41, 5.74) is 3.49. The molecule has 3 atom stereocenters. The Hall–Kier alpha value is -2.17. The molecule has 2 heterocycles. The standard InChI is InChI=1S/C16H22N4O/c1-4-17-14-8-18-13-6-5-11(7-12(13)14)9(2)15-10(3)19-16(21)20-15/h5-10,15,17-18H,4H2,1-3H3,(H2,19,20,21). The number of H-pyrrole nitrogens is 1. The lowest BCUT2D eigenvalue weighted by atomic mass is 9.89. The minimum absolute atomic E-state index is 0.0737. The number of hydrogen-bond acceptors (Lipinski definition) is 2. The second kappa shape index (κ2) is 5.31. The summed E-state index contributed by atoms with van der Waals surface area (Å²) in [6, 6.07) is 6.65. The fraction of sp³-hybridized carbons (Fsp3) is 0.438. The van der Waals surface area contributed by atoms with Gasteiger partial charge in [0.05, 0.1) is 11.7 Å². The van der Waals surface area contributed by atoms with E-state index in [9.17, 15) is 4.79 Å². The molecule has 1 aromatic carbocycles. The Morgan fingerprint density at radius 2 is 2.14 bits per heavy atom. The first-order valence-corrected chi connectivity index (χ1v) is 7.52. The highest BCUT2D eigenvalue weighted by atomic mass is 16.2. The molecule has 2 amide bonds. The molecule has 5 nitrogen and oxygen atoms in total. The van der Waals surface area contributed by atoms with Crippen LogP contribution in [0.2, 0.25) is 0 Å². The molecule has 0 aliphatic carbocycles. The lowest BCUT2D eigenvalue weighted by Crippen LogP contribution is -2.35. The van der Waals surface area contributed by atoms with Gasteiger partial charge in [0.15, 0.2) is 0 Å². The third-order valence-corrected chi connectivity index (χ3v) is 4.33. The van der Waals surface area contributed by atoms with Crippen LogP contribution in [0, 0.1) is 0 Å². The SMILES string of the molecule is CCNc1c[nH]c2ccc(C(C)C3NC(=O)NC3C)cc12. The number of nitrogens with one attached hydrogen (secondary N) is 4. The van der Waals surface area contributed by atoms with Crippen LogP contribution < -0.4 is 16.0 Å². The van der Waals surface area contributed by atoms with Crippen LogP contribution in [-0.4, -0.2) is 29.6 Å². The molecular formula is C16H22N4O. The highest BCUT2D eigenvalue weighted by Gasteiger charge is 2.32. The van der Waals surface area contributed by atoms with Crippen LogP contribution in [0.25, 0.3) is 10.9 Å². The monoisotopic (exact) mass is 286 g/mol. The Kier molecular flexibility index (Phi) is 3.49. The predicted octanol–water partition coefficient (Wildman–Crippen LogP) is 2.77. The molecule has 0 radical (unpaired) electrons. The zero-order valence-electron chi connectivity index (χ0n) is 12.7. The number of aromatic nitrogens is 1. The van der Waals surface area contributed by atoms with Crippen molar-refractivity contribution in [1.29, 1.82) is 0 Å². The molecular weight excluding hydrogens is 264 g/mol. The Bertz CT molecular complexity index is 663. The number of rotatable bonds is 4. The van der Waals surface area contributed by atoms with E-state index in [1.165, 1.54) is 10.9 Å². The molecule has 1 aromatic heterocycles. The quantitative estimate of drug-likeness (QED) is 0.698. The van der Waals surface area contributed by atoms with Crippen LogP contribution in [0.4, 0.5) is 10.5 Å². The van der Waals surface area contributed by atoms with Gasteiger partial charge in [0, 0.05) is 35.6 Å². The van der Waals surface area contributed by atoms with Gasteiger partial charge in [-0.25, -0.2) is 4.79 Å². The third kappa shape index (κ3) is 2.44. The van der Waals surface area contributed by atoms with Crippen LogP contribution >= 0.6 is 0 Å². The summed E-state index contributed by atoms with van der Waals surface area (Å²) in [4.78, 5) is 14.8. The van der Waals surface area contributed by atoms with Gasteiger partial charge in [0.2, 0.25) is 0 Å². The largest absolute Gasteiger partial charge is 0.384 e. The Morgan fingerprint density at radius 3 is 2.81 bits per heavy atom. The van der Waals surface area contributed by atoms with Crippen molar-refractivity contribution in [3.63, 3.8) is 0 Å². The summed E-state index contributed by atoms with van der Waals surface area (Å²) in [5, 5.41) is 10.5. The molecule has 2 aromatic rings. The van der Waals surface area contributed by atoms with E-state index in [0.29, 0.717) is 0 Å². The first-order chi connectivity index (χ1) is 10.1. The number of urea groups is 1. The lowest BCUT2D eigenvalue weighted by molar-refractivity contribution is 0.246. The molecule has 1 aliphatic rings. The summed E-state index contributed by atoms with van der Waals surface area (Å²) >= 11 is 0. The van der Waals surface area contributed by atoms with Crippen molar-refractivity contribution in [3.05, 3.63) is 30.0 Å². The third-order valence-electron chi connectivity index (χ3n) is 4.33. The molecule has 112 valence electrons.